The van der Waals surface area contributed by atoms with Gasteiger partial charge in [-0.3, -0.25) is 9.48 Å². The second-order valence-electron chi connectivity index (χ2n) is 6.58. The molecule has 0 bridgehead atoms. The highest BCUT2D eigenvalue weighted by atomic mass is 79.9. The Balaban J connectivity index is 1.38. The summed E-state index contributed by atoms with van der Waals surface area (Å²) in [5.41, 5.74) is 0.479. The Morgan fingerprint density at radius 1 is 1.10 bits per heavy atom. The highest BCUT2D eigenvalue weighted by molar-refractivity contribution is 9.10. The summed E-state index contributed by atoms with van der Waals surface area (Å²) in [7, 11) is 0. The van der Waals surface area contributed by atoms with Gasteiger partial charge in [-0.2, -0.15) is 5.10 Å². The van der Waals surface area contributed by atoms with Gasteiger partial charge >= 0.3 is 0 Å². The first kappa shape index (κ1) is 20.8. The number of nitrogens with one attached hydrogen (secondary N) is 1. The Labute approximate surface area is 184 Å². The summed E-state index contributed by atoms with van der Waals surface area (Å²) >= 11 is 3.34. The van der Waals surface area contributed by atoms with Gasteiger partial charge in [0.2, 0.25) is 0 Å². The van der Waals surface area contributed by atoms with Crippen molar-refractivity contribution in [3.63, 3.8) is 0 Å². The van der Waals surface area contributed by atoms with E-state index in [2.05, 4.69) is 26.3 Å². The lowest BCUT2D eigenvalue weighted by Crippen LogP contribution is -2.12. The zero-order chi connectivity index (χ0) is 21.8. The molecule has 0 radical (unpaired) electrons. The van der Waals surface area contributed by atoms with Gasteiger partial charge in [0.25, 0.3) is 5.91 Å². The number of carbonyl (C=O) groups is 1. The SMILES string of the molecule is O=C(Nc1nn(Cc2ccccc2F)cc1Br)c1ccc(COc2ccc(F)cc2)o1. The van der Waals surface area contributed by atoms with E-state index in [0.29, 0.717) is 21.5 Å². The Bertz CT molecular complexity index is 1200. The second kappa shape index (κ2) is 9.13. The largest absolute Gasteiger partial charge is 0.486 e. The minimum Gasteiger partial charge on any atom is -0.486 e. The van der Waals surface area contributed by atoms with Gasteiger partial charge in [0, 0.05) is 11.8 Å². The highest BCUT2D eigenvalue weighted by Gasteiger charge is 2.16. The van der Waals surface area contributed by atoms with E-state index in [4.69, 9.17) is 9.15 Å². The van der Waals surface area contributed by atoms with Crippen LogP contribution in [-0.4, -0.2) is 15.7 Å². The number of nitrogens with zero attached hydrogens (tertiary/aromatic N) is 2. The van der Waals surface area contributed by atoms with Gasteiger partial charge in [0.1, 0.15) is 29.8 Å². The van der Waals surface area contributed by atoms with Crippen LogP contribution in [0, 0.1) is 11.6 Å². The van der Waals surface area contributed by atoms with Crippen LogP contribution in [0.2, 0.25) is 0 Å². The number of furan rings is 1. The third kappa shape index (κ3) is 5.18. The van der Waals surface area contributed by atoms with Crippen LogP contribution >= 0.6 is 15.9 Å². The summed E-state index contributed by atoms with van der Waals surface area (Å²) < 4.78 is 39.8. The quantitative estimate of drug-likeness (QED) is 0.379. The number of carbonyl (C=O) groups excluding carboxylic acids is 1. The molecule has 0 aliphatic rings. The Morgan fingerprint density at radius 2 is 1.87 bits per heavy atom. The number of ether oxygens (including phenoxy) is 1. The zero-order valence-electron chi connectivity index (χ0n) is 16.0. The molecule has 0 fully saturated rings. The molecule has 0 aliphatic heterocycles. The molecule has 0 saturated carbocycles. The number of rotatable bonds is 7. The van der Waals surface area contributed by atoms with Crippen molar-refractivity contribution in [3.05, 3.63) is 100 Å². The number of anilines is 1. The van der Waals surface area contributed by atoms with Crippen LogP contribution in [0.15, 0.2) is 75.8 Å². The molecule has 0 aliphatic carbocycles. The van der Waals surface area contributed by atoms with Crippen LogP contribution in [0.4, 0.5) is 14.6 Å². The van der Waals surface area contributed by atoms with Crippen LogP contribution in [0.25, 0.3) is 0 Å². The van der Waals surface area contributed by atoms with Crippen molar-refractivity contribution >= 4 is 27.7 Å². The maximum Gasteiger partial charge on any atom is 0.292 e. The average Bonchev–Trinajstić information content (AvgIpc) is 3.36. The second-order valence-corrected chi connectivity index (χ2v) is 7.43. The van der Waals surface area contributed by atoms with E-state index in [0.717, 1.165) is 0 Å². The fourth-order valence-electron chi connectivity index (χ4n) is 2.80. The molecule has 31 heavy (non-hydrogen) atoms. The van der Waals surface area contributed by atoms with Crippen molar-refractivity contribution in [3.8, 4) is 5.75 Å². The summed E-state index contributed by atoms with van der Waals surface area (Å²) in [5, 5.41) is 6.93. The van der Waals surface area contributed by atoms with Crippen molar-refractivity contribution in [2.45, 2.75) is 13.2 Å². The minimum absolute atomic E-state index is 0.0771. The number of hydrogen-bond acceptors (Lipinski definition) is 4. The molecule has 6 nitrogen and oxygen atoms in total. The summed E-state index contributed by atoms with van der Waals surface area (Å²) in [6.07, 6.45) is 1.64. The topological polar surface area (TPSA) is 69.3 Å². The standard InChI is InChI=1S/C22H16BrF2N3O3/c23-18-12-28(11-14-3-1-2-4-19(14)25)27-21(18)26-22(29)20-10-9-17(31-20)13-30-16-7-5-15(24)6-8-16/h1-10,12H,11,13H2,(H,26,27,29). The Morgan fingerprint density at radius 3 is 2.65 bits per heavy atom. The maximum absolute atomic E-state index is 13.8. The van der Waals surface area contributed by atoms with E-state index in [9.17, 15) is 13.6 Å². The molecular weight excluding hydrogens is 472 g/mol. The predicted octanol–water partition coefficient (Wildman–Crippen LogP) is 5.40. The molecule has 0 atom stereocenters. The summed E-state index contributed by atoms with van der Waals surface area (Å²) in [6, 6.07) is 15.1. The van der Waals surface area contributed by atoms with Gasteiger partial charge in [-0.25, -0.2) is 8.78 Å². The number of amides is 1. The summed E-state index contributed by atoms with van der Waals surface area (Å²) in [5.74, 6) is 0.0872. The number of aromatic nitrogens is 2. The Hall–Kier alpha value is -3.46. The Kier molecular flexibility index (Phi) is 6.13. The predicted molar refractivity (Wildman–Crippen MR) is 113 cm³/mol. The van der Waals surface area contributed by atoms with Gasteiger partial charge in [-0.15, -0.1) is 0 Å². The van der Waals surface area contributed by atoms with Crippen molar-refractivity contribution in [2.75, 3.05) is 5.32 Å². The van der Waals surface area contributed by atoms with E-state index in [1.807, 2.05) is 0 Å². The zero-order valence-corrected chi connectivity index (χ0v) is 17.6. The first-order chi connectivity index (χ1) is 15.0. The molecule has 2 aromatic heterocycles. The van der Waals surface area contributed by atoms with Gasteiger partial charge in [0.05, 0.1) is 11.0 Å². The van der Waals surface area contributed by atoms with Gasteiger partial charge in [-0.05, 0) is 58.4 Å². The lowest BCUT2D eigenvalue weighted by atomic mass is 10.2. The van der Waals surface area contributed by atoms with E-state index in [-0.39, 0.29) is 36.4 Å². The molecule has 2 aromatic carbocycles. The van der Waals surface area contributed by atoms with Crippen LogP contribution in [0.3, 0.4) is 0 Å². The lowest BCUT2D eigenvalue weighted by molar-refractivity contribution is 0.0992. The van der Waals surface area contributed by atoms with Gasteiger partial charge < -0.3 is 14.5 Å². The molecular formula is C22H16BrF2N3O3. The third-order valence-electron chi connectivity index (χ3n) is 4.32. The molecule has 4 rings (SSSR count). The van der Waals surface area contributed by atoms with Gasteiger partial charge in [-0.1, -0.05) is 18.2 Å². The molecule has 0 unspecified atom stereocenters. The number of hydrogen-bond donors (Lipinski definition) is 1. The summed E-state index contributed by atoms with van der Waals surface area (Å²) in [4.78, 5) is 12.5. The molecule has 158 valence electrons. The highest BCUT2D eigenvalue weighted by Crippen LogP contribution is 2.22. The van der Waals surface area contributed by atoms with Crippen molar-refractivity contribution in [1.82, 2.24) is 9.78 Å². The van der Waals surface area contributed by atoms with Crippen molar-refractivity contribution in [2.24, 2.45) is 0 Å². The van der Waals surface area contributed by atoms with Crippen molar-refractivity contribution in [1.29, 1.82) is 0 Å². The molecule has 9 heteroatoms. The first-order valence-electron chi connectivity index (χ1n) is 9.23. The normalized spacial score (nSPS) is 10.8. The molecule has 1 N–H and O–H groups in total. The number of benzene rings is 2. The van der Waals surface area contributed by atoms with E-state index >= 15 is 0 Å². The molecule has 4 aromatic rings. The fraction of sp³-hybridized carbons (Fsp3) is 0.0909. The van der Waals surface area contributed by atoms with Crippen LogP contribution in [0.5, 0.6) is 5.75 Å². The van der Waals surface area contributed by atoms with E-state index in [1.165, 1.54) is 41.1 Å². The minimum atomic E-state index is -0.495. The molecule has 2 heterocycles. The van der Waals surface area contributed by atoms with Crippen molar-refractivity contribution < 1.29 is 22.7 Å². The molecule has 1 amide bonds. The van der Waals surface area contributed by atoms with Crippen LogP contribution in [0.1, 0.15) is 21.9 Å². The molecule has 0 spiro atoms. The monoisotopic (exact) mass is 487 g/mol. The smallest absolute Gasteiger partial charge is 0.292 e. The third-order valence-corrected chi connectivity index (χ3v) is 4.90. The van der Waals surface area contributed by atoms with Crippen LogP contribution < -0.4 is 10.1 Å². The number of halogens is 3. The molecule has 0 saturated heterocycles. The van der Waals surface area contributed by atoms with Gasteiger partial charge in [0.15, 0.2) is 11.6 Å². The van der Waals surface area contributed by atoms with E-state index in [1.54, 1.807) is 30.5 Å². The summed E-state index contributed by atoms with van der Waals surface area (Å²) in [6.45, 7) is 0.298. The van der Waals surface area contributed by atoms with Crippen LogP contribution in [-0.2, 0) is 13.2 Å². The average molecular weight is 488 g/mol. The van der Waals surface area contributed by atoms with E-state index < -0.39 is 5.91 Å². The fourth-order valence-corrected chi connectivity index (χ4v) is 3.21. The lowest BCUT2D eigenvalue weighted by Gasteiger charge is -2.04. The first-order valence-corrected chi connectivity index (χ1v) is 10.0. The maximum atomic E-state index is 13.8.